The fourth-order valence-electron chi connectivity index (χ4n) is 3.33. The van der Waals surface area contributed by atoms with Crippen molar-refractivity contribution < 1.29 is 0 Å². The first kappa shape index (κ1) is 11.9. The molecule has 4 rings (SSSR count). The van der Waals surface area contributed by atoms with Gasteiger partial charge in [0.05, 0.1) is 0 Å². The molecule has 1 aliphatic rings. The third kappa shape index (κ3) is 2.08. The van der Waals surface area contributed by atoms with Gasteiger partial charge in [-0.15, -0.1) is 0 Å². The van der Waals surface area contributed by atoms with Crippen molar-refractivity contribution >= 4 is 21.9 Å². The van der Waals surface area contributed by atoms with Crippen molar-refractivity contribution in [2.75, 3.05) is 13.1 Å². The Bertz CT molecular complexity index is 738. The molecule has 102 valence electrons. The summed E-state index contributed by atoms with van der Waals surface area (Å²) >= 11 is 0. The van der Waals surface area contributed by atoms with Crippen molar-refractivity contribution in [2.24, 2.45) is 5.92 Å². The number of hydrogen-bond donors (Lipinski definition) is 2. The van der Waals surface area contributed by atoms with Crippen molar-refractivity contribution in [1.29, 1.82) is 0 Å². The minimum absolute atomic E-state index is 0.782. The highest BCUT2D eigenvalue weighted by atomic mass is 14.9. The van der Waals surface area contributed by atoms with Crippen LogP contribution in [0.4, 0.5) is 0 Å². The van der Waals surface area contributed by atoms with E-state index in [9.17, 15) is 0 Å². The van der Waals surface area contributed by atoms with Crippen molar-refractivity contribution in [3.63, 3.8) is 0 Å². The average molecular weight is 265 g/mol. The first-order valence-electron chi connectivity index (χ1n) is 7.46. The van der Waals surface area contributed by atoms with Crippen LogP contribution in [0.2, 0.25) is 0 Å². The van der Waals surface area contributed by atoms with E-state index >= 15 is 0 Å². The molecule has 2 aromatic heterocycles. The zero-order valence-electron chi connectivity index (χ0n) is 11.5. The summed E-state index contributed by atoms with van der Waals surface area (Å²) in [4.78, 5) is 7.78. The van der Waals surface area contributed by atoms with Gasteiger partial charge in [0, 0.05) is 22.5 Å². The molecule has 3 aromatic rings. The van der Waals surface area contributed by atoms with Gasteiger partial charge in [0.15, 0.2) is 0 Å². The molecule has 1 unspecified atom stereocenters. The van der Waals surface area contributed by atoms with Gasteiger partial charge in [0.1, 0.15) is 5.65 Å². The molecule has 0 aliphatic carbocycles. The summed E-state index contributed by atoms with van der Waals surface area (Å²) in [6.45, 7) is 2.34. The van der Waals surface area contributed by atoms with Gasteiger partial charge < -0.3 is 10.3 Å². The van der Waals surface area contributed by atoms with Gasteiger partial charge >= 0.3 is 0 Å². The third-order valence-electron chi connectivity index (χ3n) is 4.36. The van der Waals surface area contributed by atoms with Crippen LogP contribution >= 0.6 is 0 Å². The molecule has 1 fully saturated rings. The molecule has 2 N–H and O–H groups in total. The molecule has 0 saturated carbocycles. The fraction of sp³-hybridized carbons (Fsp3) is 0.353. The van der Waals surface area contributed by atoms with E-state index in [1.165, 1.54) is 47.7 Å². The number of aromatic amines is 1. The van der Waals surface area contributed by atoms with E-state index in [0.29, 0.717) is 0 Å². The summed E-state index contributed by atoms with van der Waals surface area (Å²) in [5, 5.41) is 6.03. The van der Waals surface area contributed by atoms with E-state index in [0.717, 1.165) is 18.1 Å². The molecule has 20 heavy (non-hydrogen) atoms. The number of aromatic nitrogens is 2. The summed E-state index contributed by atoms with van der Waals surface area (Å²) in [6, 6.07) is 10.9. The van der Waals surface area contributed by atoms with Crippen LogP contribution < -0.4 is 5.32 Å². The number of pyridine rings is 1. The van der Waals surface area contributed by atoms with E-state index < -0.39 is 0 Å². The van der Waals surface area contributed by atoms with Crippen molar-refractivity contribution in [3.05, 3.63) is 42.1 Å². The number of nitrogens with zero attached hydrogens (tertiary/aromatic N) is 1. The Morgan fingerprint density at radius 1 is 1.20 bits per heavy atom. The number of benzene rings is 1. The molecule has 1 aromatic carbocycles. The highest BCUT2D eigenvalue weighted by molar-refractivity contribution is 6.05. The van der Waals surface area contributed by atoms with Gasteiger partial charge in [-0.2, -0.15) is 0 Å². The van der Waals surface area contributed by atoms with Crippen LogP contribution in [0.3, 0.4) is 0 Å². The minimum atomic E-state index is 0.782. The lowest BCUT2D eigenvalue weighted by Crippen LogP contribution is -2.30. The molecule has 0 bridgehead atoms. The zero-order chi connectivity index (χ0) is 13.4. The summed E-state index contributed by atoms with van der Waals surface area (Å²) in [6.07, 6.45) is 5.67. The van der Waals surface area contributed by atoms with Gasteiger partial charge in [0.25, 0.3) is 0 Å². The highest BCUT2D eigenvalue weighted by Gasteiger charge is 2.14. The highest BCUT2D eigenvalue weighted by Crippen LogP contribution is 2.26. The van der Waals surface area contributed by atoms with E-state index in [4.69, 9.17) is 0 Å². The minimum Gasteiger partial charge on any atom is -0.339 e. The number of rotatable bonds is 2. The van der Waals surface area contributed by atoms with Gasteiger partial charge in [-0.25, -0.2) is 4.98 Å². The lowest BCUT2D eigenvalue weighted by Gasteiger charge is -2.22. The lowest BCUT2D eigenvalue weighted by molar-refractivity contribution is 0.376. The maximum atomic E-state index is 4.40. The van der Waals surface area contributed by atoms with E-state index in [-0.39, 0.29) is 0 Å². The molecule has 0 spiro atoms. The maximum Gasteiger partial charge on any atom is 0.138 e. The number of piperidine rings is 1. The largest absolute Gasteiger partial charge is 0.339 e. The Balaban J connectivity index is 1.71. The van der Waals surface area contributed by atoms with E-state index in [1.54, 1.807) is 0 Å². The number of fused-ring (bicyclic) bond motifs is 3. The smallest absolute Gasteiger partial charge is 0.138 e. The second kappa shape index (κ2) is 4.91. The summed E-state index contributed by atoms with van der Waals surface area (Å²) < 4.78 is 0. The second-order valence-electron chi connectivity index (χ2n) is 5.82. The standard InChI is InChI=1S/C17H19N3/c1-3-13(11-18-7-1)9-12-5-6-16-15(10-12)14-4-2-8-19-17(14)20-16/h2,4-6,8,10,13,18H,1,3,7,9,11H2,(H,19,20). The monoisotopic (exact) mass is 265 g/mol. The Kier molecular flexibility index (Phi) is 2.92. The van der Waals surface area contributed by atoms with Crippen LogP contribution in [0.5, 0.6) is 0 Å². The van der Waals surface area contributed by atoms with Crippen molar-refractivity contribution in [1.82, 2.24) is 15.3 Å². The molecular weight excluding hydrogens is 246 g/mol. The topological polar surface area (TPSA) is 40.7 Å². The van der Waals surface area contributed by atoms with Crippen LogP contribution in [0.1, 0.15) is 18.4 Å². The molecule has 3 nitrogen and oxygen atoms in total. The average Bonchev–Trinajstić information content (AvgIpc) is 2.86. The van der Waals surface area contributed by atoms with Crippen LogP contribution in [0.15, 0.2) is 36.5 Å². The molecule has 0 radical (unpaired) electrons. The van der Waals surface area contributed by atoms with Gasteiger partial charge in [-0.3, -0.25) is 0 Å². The summed E-state index contributed by atoms with van der Waals surface area (Å²) in [5.74, 6) is 0.782. The lowest BCUT2D eigenvalue weighted by atomic mass is 9.92. The Morgan fingerprint density at radius 3 is 3.10 bits per heavy atom. The first-order valence-corrected chi connectivity index (χ1v) is 7.46. The van der Waals surface area contributed by atoms with Crippen LogP contribution in [0, 0.1) is 5.92 Å². The molecule has 0 amide bonds. The zero-order valence-corrected chi connectivity index (χ0v) is 11.5. The molecule has 1 saturated heterocycles. The van der Waals surface area contributed by atoms with E-state index in [1.807, 2.05) is 12.3 Å². The van der Waals surface area contributed by atoms with Gasteiger partial charge in [0.2, 0.25) is 0 Å². The Labute approximate surface area is 118 Å². The quantitative estimate of drug-likeness (QED) is 0.746. The molecular formula is C17H19N3. The molecule has 3 heterocycles. The summed E-state index contributed by atoms with van der Waals surface area (Å²) in [7, 11) is 0. The maximum absolute atomic E-state index is 4.40. The van der Waals surface area contributed by atoms with Crippen molar-refractivity contribution in [3.8, 4) is 0 Å². The van der Waals surface area contributed by atoms with Gasteiger partial charge in [-0.05, 0) is 68.1 Å². The van der Waals surface area contributed by atoms with Crippen molar-refractivity contribution in [2.45, 2.75) is 19.3 Å². The number of nitrogens with one attached hydrogen (secondary N) is 2. The Morgan fingerprint density at radius 2 is 2.20 bits per heavy atom. The van der Waals surface area contributed by atoms with Crippen LogP contribution in [-0.4, -0.2) is 23.1 Å². The SMILES string of the molecule is c1cnc2[nH]c3ccc(CC4CCCNC4)cc3c2c1. The van der Waals surface area contributed by atoms with Crippen LogP contribution in [0.25, 0.3) is 21.9 Å². The van der Waals surface area contributed by atoms with Crippen LogP contribution in [-0.2, 0) is 6.42 Å². The first-order chi connectivity index (χ1) is 9.90. The second-order valence-corrected chi connectivity index (χ2v) is 5.82. The van der Waals surface area contributed by atoms with Gasteiger partial charge in [-0.1, -0.05) is 6.07 Å². The number of H-pyrrole nitrogens is 1. The summed E-state index contributed by atoms with van der Waals surface area (Å²) in [5.41, 5.74) is 3.61. The number of hydrogen-bond acceptors (Lipinski definition) is 2. The predicted molar refractivity (Wildman–Crippen MR) is 82.9 cm³/mol. The molecule has 1 aliphatic heterocycles. The molecule has 1 atom stereocenters. The fourth-order valence-corrected chi connectivity index (χ4v) is 3.33. The normalized spacial score (nSPS) is 19.7. The third-order valence-corrected chi connectivity index (χ3v) is 4.36. The Hall–Kier alpha value is -1.87. The predicted octanol–water partition coefficient (Wildman–Crippen LogP) is 3.26. The van der Waals surface area contributed by atoms with E-state index in [2.05, 4.69) is 39.6 Å². The molecule has 3 heteroatoms.